The van der Waals surface area contributed by atoms with Crippen LogP contribution in [0.3, 0.4) is 0 Å². The van der Waals surface area contributed by atoms with E-state index in [9.17, 15) is 0 Å². The Labute approximate surface area is 211 Å². The zero-order chi connectivity index (χ0) is 25.7. The SMILES string of the molecule is COc1cc(O[Si](C)(C)C(C)(C)C)ccc1-n1nc2ccc(O[Si](C)(C)C(C)(C)C)cc2c1Cl. The summed E-state index contributed by atoms with van der Waals surface area (Å²) in [7, 11) is -2.28. The third-order valence-corrected chi connectivity index (χ3v) is 16.4. The Morgan fingerprint density at radius 3 is 1.79 bits per heavy atom. The van der Waals surface area contributed by atoms with Crippen LogP contribution in [0.4, 0.5) is 0 Å². The summed E-state index contributed by atoms with van der Waals surface area (Å²) in [6.45, 7) is 22.3. The van der Waals surface area contributed by atoms with Crippen LogP contribution in [0, 0.1) is 0 Å². The van der Waals surface area contributed by atoms with Crippen molar-refractivity contribution in [3.05, 3.63) is 41.6 Å². The number of ether oxygens (including phenoxy) is 1. The van der Waals surface area contributed by atoms with Crippen LogP contribution in [0.5, 0.6) is 17.2 Å². The Morgan fingerprint density at radius 2 is 1.29 bits per heavy atom. The van der Waals surface area contributed by atoms with Crippen molar-refractivity contribution in [1.29, 1.82) is 0 Å². The van der Waals surface area contributed by atoms with E-state index in [2.05, 4.69) is 67.7 Å². The topological polar surface area (TPSA) is 45.5 Å². The van der Waals surface area contributed by atoms with Gasteiger partial charge in [0, 0.05) is 11.5 Å². The summed E-state index contributed by atoms with van der Waals surface area (Å²) in [6.07, 6.45) is 0. The Hall–Kier alpha value is -1.97. The second-order valence-electron chi connectivity index (χ2n) is 11.9. The van der Waals surface area contributed by atoms with E-state index in [-0.39, 0.29) is 10.1 Å². The lowest BCUT2D eigenvalue weighted by atomic mass is 10.2. The standard InChI is InChI=1S/C26H39ClN2O3Si2/c1-25(2,3)33(8,9)31-18-12-14-21-20(16-18)24(27)29(28-21)22-15-13-19(17-23(22)30-7)32-34(10,11)26(4,5)6/h12-17H,1-11H3. The first kappa shape index (κ1) is 26.6. The molecule has 1 aromatic heterocycles. The highest BCUT2D eigenvalue weighted by Crippen LogP contribution is 2.41. The van der Waals surface area contributed by atoms with Gasteiger partial charge in [0.2, 0.25) is 16.6 Å². The molecule has 0 aliphatic heterocycles. The molecule has 0 spiro atoms. The van der Waals surface area contributed by atoms with Crippen molar-refractivity contribution in [2.45, 2.75) is 77.8 Å². The number of hydrogen-bond donors (Lipinski definition) is 0. The van der Waals surface area contributed by atoms with Gasteiger partial charge in [0.1, 0.15) is 28.1 Å². The van der Waals surface area contributed by atoms with E-state index < -0.39 is 16.6 Å². The van der Waals surface area contributed by atoms with Crippen molar-refractivity contribution in [2.75, 3.05) is 7.11 Å². The number of nitrogens with zero attached hydrogens (tertiary/aromatic N) is 2. The van der Waals surface area contributed by atoms with Crippen LogP contribution in [-0.4, -0.2) is 33.5 Å². The molecule has 0 saturated carbocycles. The lowest BCUT2D eigenvalue weighted by molar-refractivity contribution is 0.407. The van der Waals surface area contributed by atoms with Crippen molar-refractivity contribution in [1.82, 2.24) is 9.78 Å². The zero-order valence-corrected chi connectivity index (χ0v) is 25.2. The summed E-state index contributed by atoms with van der Waals surface area (Å²) in [5, 5.41) is 6.33. The van der Waals surface area contributed by atoms with Gasteiger partial charge < -0.3 is 13.6 Å². The van der Waals surface area contributed by atoms with Crippen molar-refractivity contribution in [3.8, 4) is 22.9 Å². The van der Waals surface area contributed by atoms with Gasteiger partial charge in [-0.3, -0.25) is 0 Å². The second kappa shape index (κ2) is 8.92. The molecule has 34 heavy (non-hydrogen) atoms. The fourth-order valence-electron chi connectivity index (χ4n) is 3.05. The summed E-state index contributed by atoms with van der Waals surface area (Å²) >= 11 is 6.84. The molecule has 1 heterocycles. The van der Waals surface area contributed by atoms with Gasteiger partial charge in [0.25, 0.3) is 0 Å². The minimum Gasteiger partial charge on any atom is -0.543 e. The molecule has 3 rings (SSSR count). The van der Waals surface area contributed by atoms with Crippen LogP contribution in [0.1, 0.15) is 41.5 Å². The third-order valence-electron chi connectivity index (χ3n) is 7.32. The number of aromatic nitrogens is 2. The molecule has 0 bridgehead atoms. The van der Waals surface area contributed by atoms with E-state index >= 15 is 0 Å². The van der Waals surface area contributed by atoms with E-state index in [1.165, 1.54) is 0 Å². The molecule has 0 amide bonds. The normalized spacial score (nSPS) is 13.3. The number of halogens is 1. The highest BCUT2D eigenvalue weighted by atomic mass is 35.5. The molecule has 0 atom stereocenters. The zero-order valence-electron chi connectivity index (χ0n) is 22.5. The lowest BCUT2D eigenvalue weighted by Gasteiger charge is -2.36. The summed E-state index contributed by atoms with van der Waals surface area (Å²) in [4.78, 5) is 0. The molecule has 0 N–H and O–H groups in total. The summed E-state index contributed by atoms with van der Waals surface area (Å²) in [6, 6.07) is 11.8. The quantitative estimate of drug-likeness (QED) is 0.307. The molecule has 2 aromatic carbocycles. The highest BCUT2D eigenvalue weighted by molar-refractivity contribution is 6.75. The van der Waals surface area contributed by atoms with Gasteiger partial charge in [-0.1, -0.05) is 53.1 Å². The van der Waals surface area contributed by atoms with Crippen LogP contribution in [-0.2, 0) is 0 Å². The molecule has 0 saturated heterocycles. The molecule has 0 aliphatic carbocycles. The maximum Gasteiger partial charge on any atom is 0.250 e. The van der Waals surface area contributed by atoms with E-state index in [4.69, 9.17) is 30.3 Å². The molecule has 0 aliphatic rings. The fourth-order valence-corrected chi connectivity index (χ4v) is 5.37. The van der Waals surface area contributed by atoms with Crippen LogP contribution in [0.25, 0.3) is 16.6 Å². The maximum absolute atomic E-state index is 6.84. The molecular formula is C26H39ClN2O3Si2. The molecule has 3 aromatic rings. The second-order valence-corrected chi connectivity index (χ2v) is 21.7. The van der Waals surface area contributed by atoms with Gasteiger partial charge in [0.05, 0.1) is 12.6 Å². The van der Waals surface area contributed by atoms with Gasteiger partial charge in [-0.2, -0.15) is 5.10 Å². The fraction of sp³-hybridized carbons (Fsp3) is 0.500. The van der Waals surface area contributed by atoms with E-state index in [1.54, 1.807) is 11.8 Å². The minimum absolute atomic E-state index is 0.103. The van der Waals surface area contributed by atoms with E-state index in [0.29, 0.717) is 10.9 Å². The van der Waals surface area contributed by atoms with Crippen LogP contribution < -0.4 is 13.6 Å². The monoisotopic (exact) mass is 518 g/mol. The molecule has 8 heteroatoms. The first-order valence-electron chi connectivity index (χ1n) is 11.7. The Bertz CT molecular complexity index is 1190. The van der Waals surface area contributed by atoms with Crippen LogP contribution in [0.2, 0.25) is 41.4 Å². The number of fused-ring (bicyclic) bond motifs is 1. The number of hydrogen-bond acceptors (Lipinski definition) is 4. The molecule has 0 radical (unpaired) electrons. The smallest absolute Gasteiger partial charge is 0.250 e. The van der Waals surface area contributed by atoms with Crippen LogP contribution >= 0.6 is 11.6 Å². The highest BCUT2D eigenvalue weighted by Gasteiger charge is 2.40. The molecule has 186 valence electrons. The average molecular weight is 519 g/mol. The van der Waals surface area contributed by atoms with Crippen molar-refractivity contribution >= 4 is 39.1 Å². The maximum atomic E-state index is 6.84. The summed E-state index contributed by atoms with van der Waals surface area (Å²) < 4.78 is 20.4. The molecule has 0 fully saturated rings. The first-order chi connectivity index (χ1) is 15.5. The Morgan fingerprint density at radius 1 is 0.794 bits per heavy atom. The number of benzene rings is 2. The average Bonchev–Trinajstić information content (AvgIpc) is 3.01. The van der Waals surface area contributed by atoms with Crippen molar-refractivity contribution in [2.24, 2.45) is 0 Å². The number of rotatable bonds is 6. The minimum atomic E-state index is -1.97. The first-order valence-corrected chi connectivity index (χ1v) is 17.9. The van der Waals surface area contributed by atoms with Crippen molar-refractivity contribution in [3.63, 3.8) is 0 Å². The number of methoxy groups -OCH3 is 1. The predicted molar refractivity (Wildman–Crippen MR) is 148 cm³/mol. The Kier molecular flexibility index (Phi) is 6.98. The largest absolute Gasteiger partial charge is 0.543 e. The molecular weight excluding hydrogens is 480 g/mol. The van der Waals surface area contributed by atoms with E-state index in [1.807, 2.05) is 36.4 Å². The summed E-state index contributed by atoms with van der Waals surface area (Å²) in [5.41, 5.74) is 1.56. The predicted octanol–water partition coefficient (Wildman–Crippen LogP) is 8.46. The van der Waals surface area contributed by atoms with Crippen molar-refractivity contribution < 1.29 is 13.6 Å². The third kappa shape index (κ3) is 5.16. The Balaban J connectivity index is 2.00. The summed E-state index contributed by atoms with van der Waals surface area (Å²) in [5.74, 6) is 2.28. The van der Waals surface area contributed by atoms with Crippen LogP contribution in [0.15, 0.2) is 36.4 Å². The van der Waals surface area contributed by atoms with Gasteiger partial charge in [-0.25, -0.2) is 4.68 Å². The van der Waals surface area contributed by atoms with E-state index in [0.717, 1.165) is 28.1 Å². The van der Waals surface area contributed by atoms with Gasteiger partial charge in [0.15, 0.2) is 0 Å². The van der Waals surface area contributed by atoms with Gasteiger partial charge in [-0.15, -0.1) is 0 Å². The van der Waals surface area contributed by atoms with Gasteiger partial charge in [-0.05, 0) is 66.6 Å². The molecule has 5 nitrogen and oxygen atoms in total. The van der Waals surface area contributed by atoms with Gasteiger partial charge >= 0.3 is 0 Å². The lowest BCUT2D eigenvalue weighted by Crippen LogP contribution is -2.43. The molecule has 0 unspecified atom stereocenters.